The van der Waals surface area contributed by atoms with Crippen molar-refractivity contribution in [2.45, 2.75) is 25.5 Å². The molecule has 2 fully saturated rings. The van der Waals surface area contributed by atoms with Gasteiger partial charge in [0.15, 0.2) is 0 Å². The molecule has 2 saturated heterocycles. The Morgan fingerprint density at radius 1 is 1.32 bits per heavy atom. The van der Waals surface area contributed by atoms with E-state index < -0.39 is 0 Å². The fourth-order valence-corrected chi connectivity index (χ4v) is 3.10. The third-order valence-electron chi connectivity index (χ3n) is 4.12. The van der Waals surface area contributed by atoms with Crippen LogP contribution in [0.2, 0.25) is 0 Å². The van der Waals surface area contributed by atoms with Gasteiger partial charge < -0.3 is 15.0 Å². The zero-order valence-corrected chi connectivity index (χ0v) is 11.0. The number of amides is 1. The zero-order chi connectivity index (χ0) is 13.1. The maximum absolute atomic E-state index is 12.2. The molecule has 0 aliphatic carbocycles. The van der Waals surface area contributed by atoms with E-state index in [1.54, 1.807) is 0 Å². The number of benzene rings is 1. The number of fused-ring (bicyclic) bond motifs is 1. The van der Waals surface area contributed by atoms with Crippen molar-refractivity contribution in [2.75, 3.05) is 19.6 Å². The Morgan fingerprint density at radius 3 is 3.00 bits per heavy atom. The number of carbonyl (C=O) groups excluding carboxylic acids is 1. The van der Waals surface area contributed by atoms with Crippen molar-refractivity contribution in [3.63, 3.8) is 0 Å². The van der Waals surface area contributed by atoms with Crippen LogP contribution in [0.1, 0.15) is 18.4 Å². The summed E-state index contributed by atoms with van der Waals surface area (Å²) >= 11 is 0. The number of hydrogen-bond donors (Lipinski definition) is 1. The Morgan fingerprint density at radius 2 is 2.16 bits per heavy atom. The third kappa shape index (κ3) is 2.73. The molecule has 0 spiro atoms. The second kappa shape index (κ2) is 5.61. The van der Waals surface area contributed by atoms with Crippen LogP contribution in [0.3, 0.4) is 0 Å². The molecule has 0 radical (unpaired) electrons. The van der Waals surface area contributed by atoms with Gasteiger partial charge in [-0.1, -0.05) is 30.3 Å². The molecule has 0 aromatic heterocycles. The molecule has 0 bridgehead atoms. The number of nitrogens with one attached hydrogen (secondary N) is 1. The first-order chi connectivity index (χ1) is 9.34. The molecule has 2 unspecified atom stereocenters. The highest BCUT2D eigenvalue weighted by molar-refractivity contribution is 5.68. The Labute approximate surface area is 113 Å². The normalized spacial score (nSPS) is 26.0. The molecule has 1 amide bonds. The standard InChI is InChI=1S/C15H20N2O2/c18-15(19-11-12-5-2-1-3-6-12)17-8-4-7-13-9-16-10-14(13)17/h1-3,5-6,13-14,16H,4,7-11H2. The van der Waals surface area contributed by atoms with Gasteiger partial charge in [-0.3, -0.25) is 0 Å². The summed E-state index contributed by atoms with van der Waals surface area (Å²) in [5.41, 5.74) is 1.04. The third-order valence-corrected chi connectivity index (χ3v) is 4.12. The van der Waals surface area contributed by atoms with E-state index in [2.05, 4.69) is 5.32 Å². The first-order valence-corrected chi connectivity index (χ1v) is 7.02. The van der Waals surface area contributed by atoms with Crippen LogP contribution in [0.25, 0.3) is 0 Å². The van der Waals surface area contributed by atoms with Crippen molar-refractivity contribution in [2.24, 2.45) is 5.92 Å². The number of carbonyl (C=O) groups is 1. The quantitative estimate of drug-likeness (QED) is 0.884. The minimum absolute atomic E-state index is 0.165. The van der Waals surface area contributed by atoms with Crippen LogP contribution < -0.4 is 5.32 Å². The fraction of sp³-hybridized carbons (Fsp3) is 0.533. The maximum atomic E-state index is 12.2. The Balaban J connectivity index is 1.57. The fourth-order valence-electron chi connectivity index (χ4n) is 3.10. The van der Waals surface area contributed by atoms with Gasteiger partial charge >= 0.3 is 6.09 Å². The van der Waals surface area contributed by atoms with Crippen molar-refractivity contribution in [1.82, 2.24) is 10.2 Å². The van der Waals surface area contributed by atoms with Gasteiger partial charge in [-0.05, 0) is 24.3 Å². The number of piperidine rings is 1. The monoisotopic (exact) mass is 260 g/mol. The molecule has 2 heterocycles. The molecule has 2 aliphatic rings. The van der Waals surface area contributed by atoms with Crippen LogP contribution in [0.15, 0.2) is 30.3 Å². The Hall–Kier alpha value is -1.55. The molecule has 19 heavy (non-hydrogen) atoms. The average molecular weight is 260 g/mol. The number of ether oxygens (including phenoxy) is 1. The number of hydrogen-bond acceptors (Lipinski definition) is 3. The van der Waals surface area contributed by atoms with Crippen molar-refractivity contribution < 1.29 is 9.53 Å². The number of rotatable bonds is 2. The van der Waals surface area contributed by atoms with Crippen LogP contribution in [-0.4, -0.2) is 36.7 Å². The molecule has 2 atom stereocenters. The molecule has 1 aromatic carbocycles. The predicted molar refractivity (Wildman–Crippen MR) is 72.7 cm³/mol. The molecule has 3 rings (SSSR count). The second-order valence-corrected chi connectivity index (χ2v) is 5.36. The summed E-state index contributed by atoms with van der Waals surface area (Å²) in [7, 11) is 0. The van der Waals surface area contributed by atoms with Crippen molar-refractivity contribution >= 4 is 6.09 Å². The molecule has 4 nitrogen and oxygen atoms in total. The topological polar surface area (TPSA) is 41.6 Å². The highest BCUT2D eigenvalue weighted by Crippen LogP contribution is 2.26. The summed E-state index contributed by atoms with van der Waals surface area (Å²) in [6.07, 6.45) is 2.14. The summed E-state index contributed by atoms with van der Waals surface area (Å²) in [5, 5.41) is 3.37. The maximum Gasteiger partial charge on any atom is 0.410 e. The summed E-state index contributed by atoms with van der Waals surface area (Å²) in [6.45, 7) is 3.13. The van der Waals surface area contributed by atoms with Gasteiger partial charge in [-0.2, -0.15) is 0 Å². The largest absolute Gasteiger partial charge is 0.445 e. The Bertz CT molecular complexity index is 435. The van der Waals surface area contributed by atoms with Gasteiger partial charge in [-0.15, -0.1) is 0 Å². The molecular formula is C15H20N2O2. The summed E-state index contributed by atoms with van der Waals surface area (Å²) in [4.78, 5) is 14.1. The molecular weight excluding hydrogens is 240 g/mol. The van der Waals surface area contributed by atoms with E-state index in [1.165, 1.54) is 6.42 Å². The zero-order valence-electron chi connectivity index (χ0n) is 11.0. The first-order valence-electron chi connectivity index (χ1n) is 7.02. The second-order valence-electron chi connectivity index (χ2n) is 5.36. The van der Waals surface area contributed by atoms with Crippen molar-refractivity contribution in [3.05, 3.63) is 35.9 Å². The predicted octanol–water partition coefficient (Wildman–Crippen LogP) is 2.01. The van der Waals surface area contributed by atoms with Gasteiger partial charge in [0.1, 0.15) is 6.61 Å². The number of likely N-dealkylation sites (tertiary alicyclic amines) is 1. The molecule has 1 aromatic rings. The lowest BCUT2D eigenvalue weighted by molar-refractivity contribution is 0.0614. The smallest absolute Gasteiger partial charge is 0.410 e. The lowest BCUT2D eigenvalue weighted by Gasteiger charge is -2.36. The van der Waals surface area contributed by atoms with Gasteiger partial charge in [0.05, 0.1) is 6.04 Å². The van der Waals surface area contributed by atoms with Crippen LogP contribution in [0.4, 0.5) is 4.79 Å². The van der Waals surface area contributed by atoms with E-state index in [1.807, 2.05) is 35.2 Å². The van der Waals surface area contributed by atoms with E-state index in [0.29, 0.717) is 18.6 Å². The molecule has 0 saturated carbocycles. The SMILES string of the molecule is O=C(OCc1ccccc1)N1CCCC2CNCC21. The van der Waals surface area contributed by atoms with Crippen molar-refractivity contribution in [3.8, 4) is 0 Å². The molecule has 4 heteroatoms. The van der Waals surface area contributed by atoms with Crippen LogP contribution >= 0.6 is 0 Å². The van der Waals surface area contributed by atoms with E-state index in [-0.39, 0.29) is 6.09 Å². The highest BCUT2D eigenvalue weighted by atomic mass is 16.6. The van der Waals surface area contributed by atoms with Crippen LogP contribution in [0.5, 0.6) is 0 Å². The van der Waals surface area contributed by atoms with Gasteiger partial charge in [0.25, 0.3) is 0 Å². The Kier molecular flexibility index (Phi) is 3.69. The van der Waals surface area contributed by atoms with E-state index in [4.69, 9.17) is 4.74 Å². The molecule has 102 valence electrons. The summed E-state index contributed by atoms with van der Waals surface area (Å²) in [5.74, 6) is 0.609. The van der Waals surface area contributed by atoms with E-state index >= 15 is 0 Å². The first kappa shape index (κ1) is 12.5. The van der Waals surface area contributed by atoms with Crippen molar-refractivity contribution in [1.29, 1.82) is 0 Å². The van der Waals surface area contributed by atoms with Gasteiger partial charge in [0.2, 0.25) is 0 Å². The van der Waals surface area contributed by atoms with E-state index in [0.717, 1.165) is 31.6 Å². The highest BCUT2D eigenvalue weighted by Gasteiger charge is 2.37. The van der Waals surface area contributed by atoms with E-state index in [9.17, 15) is 4.79 Å². The van der Waals surface area contributed by atoms with Crippen LogP contribution in [0, 0.1) is 5.92 Å². The van der Waals surface area contributed by atoms with Crippen LogP contribution in [-0.2, 0) is 11.3 Å². The lowest BCUT2D eigenvalue weighted by atomic mass is 9.92. The summed E-state index contributed by atoms with van der Waals surface area (Å²) < 4.78 is 5.43. The average Bonchev–Trinajstić information content (AvgIpc) is 2.94. The summed E-state index contributed by atoms with van der Waals surface area (Å²) in [6, 6.07) is 10.2. The lowest BCUT2D eigenvalue weighted by Crippen LogP contribution is -2.48. The molecule has 1 N–H and O–H groups in total. The van der Waals surface area contributed by atoms with Gasteiger partial charge in [0, 0.05) is 19.6 Å². The molecule has 2 aliphatic heterocycles. The number of nitrogens with zero attached hydrogens (tertiary/aromatic N) is 1. The van der Waals surface area contributed by atoms with Gasteiger partial charge in [-0.25, -0.2) is 4.79 Å². The minimum atomic E-state index is -0.165. The minimum Gasteiger partial charge on any atom is -0.445 e.